The molecule has 4 nitrogen and oxygen atoms in total. The molecule has 0 spiro atoms. The van der Waals surface area contributed by atoms with Crippen LogP contribution in [0.4, 0.5) is 0 Å². The molecule has 0 saturated heterocycles. The third-order valence-corrected chi connectivity index (χ3v) is 6.83. The Labute approximate surface area is 210 Å². The fourth-order valence-corrected chi connectivity index (χ4v) is 4.37. The summed E-state index contributed by atoms with van der Waals surface area (Å²) in [4.78, 5) is 7.59. The number of nitrogens with one attached hydrogen (secondary N) is 2. The Balaban J connectivity index is 0.000000292. The van der Waals surface area contributed by atoms with E-state index in [-0.39, 0.29) is 0 Å². The van der Waals surface area contributed by atoms with E-state index >= 15 is 0 Å². The highest BCUT2D eigenvalue weighted by molar-refractivity contribution is 7.97. The molecular weight excluding hydrogens is 436 g/mol. The van der Waals surface area contributed by atoms with Gasteiger partial charge in [0, 0.05) is 28.5 Å². The number of hydrogen-bond acceptors (Lipinski definition) is 4. The van der Waals surface area contributed by atoms with Crippen molar-refractivity contribution < 1.29 is 0 Å². The maximum absolute atomic E-state index is 7.11. The monoisotopic (exact) mass is 476 g/mol. The van der Waals surface area contributed by atoms with Crippen molar-refractivity contribution in [1.29, 1.82) is 5.41 Å². The first-order chi connectivity index (χ1) is 16.4. The van der Waals surface area contributed by atoms with Crippen molar-refractivity contribution in [3.63, 3.8) is 0 Å². The third-order valence-electron chi connectivity index (χ3n) is 5.90. The normalized spacial score (nSPS) is 12.6. The third kappa shape index (κ3) is 8.53. The number of rotatable bonds is 11. The molecular formula is C29H40N4S. The summed E-state index contributed by atoms with van der Waals surface area (Å²) in [6.07, 6.45) is 6.33. The van der Waals surface area contributed by atoms with Crippen LogP contribution in [0.3, 0.4) is 0 Å². The van der Waals surface area contributed by atoms with E-state index in [9.17, 15) is 0 Å². The highest BCUT2D eigenvalue weighted by atomic mass is 32.2. The predicted molar refractivity (Wildman–Crippen MR) is 151 cm³/mol. The van der Waals surface area contributed by atoms with E-state index in [1.54, 1.807) is 11.9 Å². The van der Waals surface area contributed by atoms with E-state index in [1.807, 2.05) is 11.8 Å². The van der Waals surface area contributed by atoms with Gasteiger partial charge < -0.3 is 9.62 Å². The van der Waals surface area contributed by atoms with Gasteiger partial charge in [-0.05, 0) is 68.8 Å². The van der Waals surface area contributed by atoms with E-state index in [1.165, 1.54) is 58.5 Å². The van der Waals surface area contributed by atoms with Crippen molar-refractivity contribution in [1.82, 2.24) is 9.62 Å². The van der Waals surface area contributed by atoms with Crippen molar-refractivity contribution in [3.8, 4) is 11.1 Å². The van der Waals surface area contributed by atoms with Crippen molar-refractivity contribution >= 4 is 24.0 Å². The molecule has 2 N–H and O–H groups in total. The second-order valence-corrected chi connectivity index (χ2v) is 9.54. The molecule has 0 saturated carbocycles. The average Bonchev–Trinajstić information content (AvgIpc) is 3.16. The summed E-state index contributed by atoms with van der Waals surface area (Å²) in [5.41, 5.74) is 8.36. The minimum absolute atomic E-state index is 0.761. The molecule has 0 bridgehead atoms. The van der Waals surface area contributed by atoms with Crippen LogP contribution >= 0.6 is 11.9 Å². The van der Waals surface area contributed by atoms with Gasteiger partial charge in [0.25, 0.3) is 0 Å². The second kappa shape index (κ2) is 14.5. The SMILES string of the molecule is C=C(C)N(C=N)CCCCCC.CC1=NCC(NSc2ccccc2-c2ccc(C)cc2)=C1C. The summed E-state index contributed by atoms with van der Waals surface area (Å²) < 4.78 is 3.48. The lowest BCUT2D eigenvalue weighted by atomic mass is 10.0. The van der Waals surface area contributed by atoms with Gasteiger partial charge in [0.15, 0.2) is 0 Å². The van der Waals surface area contributed by atoms with Crippen LogP contribution < -0.4 is 4.72 Å². The minimum atomic E-state index is 0.761. The summed E-state index contributed by atoms with van der Waals surface area (Å²) in [5, 5.41) is 7.11. The molecule has 1 heterocycles. The maximum atomic E-state index is 7.11. The largest absolute Gasteiger partial charge is 0.338 e. The van der Waals surface area contributed by atoms with Crippen LogP contribution in [0.2, 0.25) is 0 Å². The van der Waals surface area contributed by atoms with E-state index in [4.69, 9.17) is 5.41 Å². The van der Waals surface area contributed by atoms with Crippen molar-refractivity contribution in [2.45, 2.75) is 65.2 Å². The van der Waals surface area contributed by atoms with E-state index in [0.29, 0.717) is 0 Å². The van der Waals surface area contributed by atoms with Crippen LogP contribution in [0, 0.1) is 12.3 Å². The Hall–Kier alpha value is -2.79. The standard InChI is InChI=1S/C19H20N2S.C10H20N2/c1-13-8-10-16(11-9-13)17-6-4-5-7-19(17)22-21-18-12-20-15(3)14(18)2;1-4-5-6-7-8-12(9-11)10(2)3/h4-11,21H,12H2,1-3H3;9,11H,2,4-8H2,1,3H3. The van der Waals surface area contributed by atoms with Crippen LogP contribution in [0.5, 0.6) is 0 Å². The first kappa shape index (κ1) is 27.5. The Morgan fingerprint density at radius 3 is 2.38 bits per heavy atom. The van der Waals surface area contributed by atoms with Gasteiger partial charge in [0.1, 0.15) is 0 Å². The first-order valence-electron chi connectivity index (χ1n) is 12.1. The zero-order chi connectivity index (χ0) is 24.9. The first-order valence-corrected chi connectivity index (χ1v) is 12.9. The summed E-state index contributed by atoms with van der Waals surface area (Å²) >= 11 is 1.67. The van der Waals surface area contributed by atoms with Gasteiger partial charge in [-0.2, -0.15) is 0 Å². The number of aliphatic imine (C=N–C) groups is 1. The molecule has 2 aromatic rings. The maximum Gasteiger partial charge on any atom is 0.0858 e. The van der Waals surface area contributed by atoms with Crippen molar-refractivity contribution in [3.05, 3.63) is 77.6 Å². The van der Waals surface area contributed by atoms with Crippen molar-refractivity contribution in [2.24, 2.45) is 4.99 Å². The molecule has 0 unspecified atom stereocenters. The molecule has 0 aromatic heterocycles. The predicted octanol–water partition coefficient (Wildman–Crippen LogP) is 8.02. The van der Waals surface area contributed by atoms with Crippen LogP contribution in [0.1, 0.15) is 58.9 Å². The summed E-state index contributed by atoms with van der Waals surface area (Å²) in [6.45, 7) is 15.9. The zero-order valence-corrected chi connectivity index (χ0v) is 22.3. The van der Waals surface area contributed by atoms with Crippen LogP contribution in [-0.2, 0) is 0 Å². The summed E-state index contributed by atoms with van der Waals surface area (Å²) in [6, 6.07) is 17.2. The Kier molecular flexibility index (Phi) is 11.7. The number of unbranched alkanes of at least 4 members (excludes halogenated alkanes) is 3. The number of allylic oxidation sites excluding steroid dienone is 2. The number of benzene rings is 2. The molecule has 0 radical (unpaired) electrons. The van der Waals surface area contributed by atoms with E-state index in [0.717, 1.165) is 30.9 Å². The minimum Gasteiger partial charge on any atom is -0.338 e. The van der Waals surface area contributed by atoms with Gasteiger partial charge in [-0.15, -0.1) is 0 Å². The Morgan fingerprint density at radius 1 is 1.09 bits per heavy atom. The van der Waals surface area contributed by atoms with Crippen LogP contribution in [-0.4, -0.2) is 30.0 Å². The number of nitrogens with zero attached hydrogens (tertiary/aromatic N) is 2. The molecule has 34 heavy (non-hydrogen) atoms. The molecule has 3 rings (SSSR count). The highest BCUT2D eigenvalue weighted by Crippen LogP contribution is 2.31. The fraction of sp³-hybridized carbons (Fsp3) is 0.379. The lowest BCUT2D eigenvalue weighted by Gasteiger charge is -2.17. The van der Waals surface area contributed by atoms with Gasteiger partial charge in [-0.1, -0.05) is 80.8 Å². The van der Waals surface area contributed by atoms with Crippen LogP contribution in [0.15, 0.2) is 82.0 Å². The van der Waals surface area contributed by atoms with E-state index < -0.39 is 0 Å². The molecule has 0 amide bonds. The zero-order valence-electron chi connectivity index (χ0n) is 21.4. The molecule has 0 fully saturated rings. The second-order valence-electron chi connectivity index (χ2n) is 8.69. The molecule has 1 aliphatic rings. The van der Waals surface area contributed by atoms with E-state index in [2.05, 4.69) is 92.5 Å². The highest BCUT2D eigenvalue weighted by Gasteiger charge is 2.13. The quantitative estimate of drug-likeness (QED) is 0.149. The van der Waals surface area contributed by atoms with Gasteiger partial charge in [-0.25, -0.2) is 0 Å². The molecule has 2 aromatic carbocycles. The summed E-state index contributed by atoms with van der Waals surface area (Å²) in [7, 11) is 0. The average molecular weight is 477 g/mol. The fourth-order valence-electron chi connectivity index (χ4n) is 3.48. The smallest absolute Gasteiger partial charge is 0.0858 e. The number of aryl methyl sites for hydroxylation is 1. The molecule has 182 valence electrons. The Bertz CT molecular complexity index is 1010. The summed E-state index contributed by atoms with van der Waals surface area (Å²) in [5.74, 6) is 0. The van der Waals surface area contributed by atoms with Crippen LogP contribution in [0.25, 0.3) is 11.1 Å². The number of hydrogen-bond donors (Lipinski definition) is 2. The molecule has 1 aliphatic heterocycles. The van der Waals surface area contributed by atoms with Gasteiger partial charge in [-0.3, -0.25) is 10.4 Å². The molecule has 5 heteroatoms. The van der Waals surface area contributed by atoms with Gasteiger partial charge >= 0.3 is 0 Å². The topological polar surface area (TPSA) is 51.5 Å². The lowest BCUT2D eigenvalue weighted by molar-refractivity contribution is 0.488. The lowest BCUT2D eigenvalue weighted by Crippen LogP contribution is -2.19. The molecule has 0 atom stereocenters. The van der Waals surface area contributed by atoms with Gasteiger partial charge in [0.05, 0.1) is 12.9 Å². The van der Waals surface area contributed by atoms with Crippen molar-refractivity contribution in [2.75, 3.05) is 13.1 Å². The van der Waals surface area contributed by atoms with Gasteiger partial charge in [0.2, 0.25) is 0 Å². The Morgan fingerprint density at radius 2 is 1.79 bits per heavy atom. The molecule has 0 aliphatic carbocycles.